The predicted octanol–water partition coefficient (Wildman–Crippen LogP) is 3.12. The van der Waals surface area contributed by atoms with Crippen LogP contribution < -0.4 is 5.73 Å². The van der Waals surface area contributed by atoms with Gasteiger partial charge in [0.2, 0.25) is 0 Å². The number of alkyl halides is 3. The second-order valence-electron chi connectivity index (χ2n) is 3.91. The van der Waals surface area contributed by atoms with E-state index in [9.17, 15) is 18.0 Å². The lowest BCUT2D eigenvalue weighted by molar-refractivity contribution is -0.137. The SMILES string of the molecule is C/C(N)=C(\C#N)C(=O)CSc1cccc(C(F)(F)F)c1. The Balaban J connectivity index is 2.80. The summed E-state index contributed by atoms with van der Waals surface area (Å²) in [5, 5.41) is 8.75. The molecular formula is C13H11F3N2OS. The monoisotopic (exact) mass is 300 g/mol. The number of carbonyl (C=O) groups excluding carboxylic acids is 1. The van der Waals surface area contributed by atoms with Gasteiger partial charge in [-0.2, -0.15) is 18.4 Å². The molecule has 0 aliphatic carbocycles. The Morgan fingerprint density at radius 1 is 1.45 bits per heavy atom. The molecule has 0 amide bonds. The molecule has 0 saturated heterocycles. The molecule has 0 aliphatic rings. The molecule has 1 aromatic rings. The van der Waals surface area contributed by atoms with Crippen LogP contribution in [0.4, 0.5) is 13.2 Å². The minimum absolute atomic E-state index is 0.0992. The van der Waals surface area contributed by atoms with Crippen molar-refractivity contribution in [2.24, 2.45) is 5.73 Å². The van der Waals surface area contributed by atoms with E-state index in [1.165, 1.54) is 19.1 Å². The van der Waals surface area contributed by atoms with Gasteiger partial charge in [-0.05, 0) is 25.1 Å². The highest BCUT2D eigenvalue weighted by Crippen LogP contribution is 2.31. The summed E-state index contributed by atoms with van der Waals surface area (Å²) >= 11 is 0.930. The number of hydrogen-bond acceptors (Lipinski definition) is 4. The third kappa shape index (κ3) is 4.31. The molecule has 0 fully saturated rings. The molecule has 0 spiro atoms. The molecule has 3 nitrogen and oxygen atoms in total. The van der Waals surface area contributed by atoms with Crippen LogP contribution in [0.15, 0.2) is 40.4 Å². The molecule has 106 valence electrons. The Bertz CT molecular complexity index is 584. The Labute approximate surface area is 118 Å². The summed E-state index contributed by atoms with van der Waals surface area (Å²) in [5.74, 6) is -0.645. The fourth-order valence-electron chi connectivity index (χ4n) is 1.35. The van der Waals surface area contributed by atoms with Crippen molar-refractivity contribution in [1.29, 1.82) is 5.26 Å². The van der Waals surface area contributed by atoms with E-state index >= 15 is 0 Å². The molecule has 0 aliphatic heterocycles. The van der Waals surface area contributed by atoms with Crippen LogP contribution in [0, 0.1) is 11.3 Å². The van der Waals surface area contributed by atoms with Crippen LogP contribution in [-0.2, 0) is 11.0 Å². The van der Waals surface area contributed by atoms with E-state index in [0.29, 0.717) is 4.90 Å². The zero-order valence-electron chi connectivity index (χ0n) is 10.5. The zero-order valence-corrected chi connectivity index (χ0v) is 11.3. The van der Waals surface area contributed by atoms with Crippen molar-refractivity contribution in [2.45, 2.75) is 18.0 Å². The molecular weight excluding hydrogens is 289 g/mol. The first kappa shape index (κ1) is 16.1. The van der Waals surface area contributed by atoms with Gasteiger partial charge >= 0.3 is 6.18 Å². The number of thioether (sulfide) groups is 1. The van der Waals surface area contributed by atoms with Crippen LogP contribution >= 0.6 is 11.8 Å². The highest BCUT2D eigenvalue weighted by atomic mass is 32.2. The summed E-state index contributed by atoms with van der Waals surface area (Å²) in [5.41, 5.74) is 4.54. The van der Waals surface area contributed by atoms with Gasteiger partial charge in [-0.15, -0.1) is 11.8 Å². The van der Waals surface area contributed by atoms with Gasteiger partial charge < -0.3 is 5.73 Å². The first-order valence-corrected chi connectivity index (χ1v) is 6.44. The number of carbonyl (C=O) groups is 1. The maximum absolute atomic E-state index is 12.5. The molecule has 0 bridgehead atoms. The number of ketones is 1. The van der Waals surface area contributed by atoms with E-state index in [-0.39, 0.29) is 17.0 Å². The molecule has 0 heterocycles. The maximum atomic E-state index is 12.5. The summed E-state index contributed by atoms with van der Waals surface area (Å²) in [4.78, 5) is 12.0. The van der Waals surface area contributed by atoms with Gasteiger partial charge in [0.15, 0.2) is 5.78 Å². The Morgan fingerprint density at radius 2 is 2.10 bits per heavy atom. The van der Waals surface area contributed by atoms with Crippen molar-refractivity contribution in [2.75, 3.05) is 5.75 Å². The van der Waals surface area contributed by atoms with E-state index < -0.39 is 17.5 Å². The lowest BCUT2D eigenvalue weighted by Crippen LogP contribution is -2.10. The molecule has 1 rings (SSSR count). The van der Waals surface area contributed by atoms with Crippen LogP contribution in [0.25, 0.3) is 0 Å². The molecule has 20 heavy (non-hydrogen) atoms. The highest BCUT2D eigenvalue weighted by molar-refractivity contribution is 8.00. The molecule has 2 N–H and O–H groups in total. The summed E-state index contributed by atoms with van der Waals surface area (Å²) in [6.07, 6.45) is -4.42. The summed E-state index contributed by atoms with van der Waals surface area (Å²) in [7, 11) is 0. The summed E-state index contributed by atoms with van der Waals surface area (Å²) in [6, 6.07) is 6.34. The van der Waals surface area contributed by atoms with Crippen molar-refractivity contribution >= 4 is 17.5 Å². The van der Waals surface area contributed by atoms with Crippen molar-refractivity contribution in [3.05, 3.63) is 41.1 Å². The van der Waals surface area contributed by atoms with Crippen LogP contribution in [0.5, 0.6) is 0 Å². The second-order valence-corrected chi connectivity index (χ2v) is 4.96. The van der Waals surface area contributed by atoms with E-state index in [1.54, 1.807) is 6.07 Å². The van der Waals surface area contributed by atoms with Gasteiger partial charge in [0.1, 0.15) is 11.6 Å². The molecule has 7 heteroatoms. The summed E-state index contributed by atoms with van der Waals surface area (Å²) < 4.78 is 37.5. The van der Waals surface area contributed by atoms with Crippen LogP contribution in [0.3, 0.4) is 0 Å². The van der Waals surface area contributed by atoms with Crippen LogP contribution in [0.2, 0.25) is 0 Å². The normalized spacial score (nSPS) is 12.6. The third-order valence-electron chi connectivity index (χ3n) is 2.32. The fourth-order valence-corrected chi connectivity index (χ4v) is 2.18. The highest BCUT2D eigenvalue weighted by Gasteiger charge is 2.30. The third-order valence-corrected chi connectivity index (χ3v) is 3.31. The first-order chi connectivity index (χ1) is 9.25. The number of nitriles is 1. The predicted molar refractivity (Wildman–Crippen MR) is 69.7 cm³/mol. The molecule has 0 aromatic heterocycles. The van der Waals surface area contributed by atoms with E-state index in [4.69, 9.17) is 11.0 Å². The number of Topliss-reactive ketones (excluding diaryl/α,β-unsaturated/α-hetero) is 1. The van der Waals surface area contributed by atoms with Crippen molar-refractivity contribution in [3.63, 3.8) is 0 Å². The number of hydrogen-bond donors (Lipinski definition) is 1. The van der Waals surface area contributed by atoms with Gasteiger partial charge in [0.05, 0.1) is 11.3 Å². The number of benzene rings is 1. The standard InChI is InChI=1S/C13H11F3N2OS/c1-8(18)11(6-17)12(19)7-20-10-4-2-3-9(5-10)13(14,15)16/h2-5H,7,18H2,1H3/b11-8-. The van der Waals surface area contributed by atoms with Gasteiger partial charge in [-0.1, -0.05) is 6.07 Å². The minimum atomic E-state index is -4.42. The first-order valence-electron chi connectivity index (χ1n) is 5.45. The molecule has 0 atom stereocenters. The Kier molecular flexibility index (Phi) is 5.22. The van der Waals surface area contributed by atoms with Crippen LogP contribution in [-0.4, -0.2) is 11.5 Å². The van der Waals surface area contributed by atoms with Crippen molar-refractivity contribution < 1.29 is 18.0 Å². The van der Waals surface area contributed by atoms with Gasteiger partial charge in [0.25, 0.3) is 0 Å². The van der Waals surface area contributed by atoms with Crippen LogP contribution in [0.1, 0.15) is 12.5 Å². The average molecular weight is 300 g/mol. The fraction of sp³-hybridized carbons (Fsp3) is 0.231. The lowest BCUT2D eigenvalue weighted by Gasteiger charge is -2.08. The number of nitrogens with zero attached hydrogens (tertiary/aromatic N) is 1. The largest absolute Gasteiger partial charge is 0.416 e. The van der Waals surface area contributed by atoms with Crippen molar-refractivity contribution in [3.8, 4) is 6.07 Å². The molecule has 1 aromatic carbocycles. The number of nitrogens with two attached hydrogens (primary N) is 1. The molecule has 0 unspecified atom stereocenters. The Morgan fingerprint density at radius 3 is 2.60 bits per heavy atom. The molecule has 0 radical (unpaired) electrons. The van der Waals surface area contributed by atoms with Gasteiger partial charge in [-0.3, -0.25) is 4.79 Å². The van der Waals surface area contributed by atoms with Gasteiger partial charge in [0, 0.05) is 10.6 Å². The molecule has 0 saturated carbocycles. The smallest absolute Gasteiger partial charge is 0.401 e. The van der Waals surface area contributed by atoms with E-state index in [1.807, 2.05) is 0 Å². The quantitative estimate of drug-likeness (QED) is 0.527. The number of allylic oxidation sites excluding steroid dienone is 2. The Hall–Kier alpha value is -1.94. The number of halogens is 3. The average Bonchev–Trinajstić information content (AvgIpc) is 2.36. The van der Waals surface area contributed by atoms with E-state index in [2.05, 4.69) is 0 Å². The van der Waals surface area contributed by atoms with Gasteiger partial charge in [-0.25, -0.2) is 0 Å². The zero-order chi connectivity index (χ0) is 15.3. The van der Waals surface area contributed by atoms with Crippen molar-refractivity contribution in [1.82, 2.24) is 0 Å². The number of rotatable bonds is 4. The topological polar surface area (TPSA) is 66.9 Å². The second kappa shape index (κ2) is 6.48. The van der Waals surface area contributed by atoms with E-state index in [0.717, 1.165) is 23.9 Å². The lowest BCUT2D eigenvalue weighted by atomic mass is 10.2. The summed E-state index contributed by atoms with van der Waals surface area (Å²) in [6.45, 7) is 1.42. The minimum Gasteiger partial charge on any atom is -0.401 e. The maximum Gasteiger partial charge on any atom is 0.416 e.